The van der Waals surface area contributed by atoms with Gasteiger partial charge in [-0.15, -0.1) is 12.4 Å². The Morgan fingerprint density at radius 2 is 1.27 bits per heavy atom. The number of benzene rings is 4. The van der Waals surface area contributed by atoms with Crippen LogP contribution in [0.4, 0.5) is 15.1 Å². The molecule has 0 unspecified atom stereocenters. The van der Waals surface area contributed by atoms with Gasteiger partial charge < -0.3 is 15.0 Å². The first kappa shape index (κ1) is 36.9. The smallest absolute Gasteiger partial charge is 0.410 e. The Morgan fingerprint density at radius 1 is 0.731 bits per heavy atom. The van der Waals surface area contributed by atoms with Gasteiger partial charge in [0.25, 0.3) is 11.8 Å². The molecule has 2 aliphatic rings. The monoisotopic (exact) mass is 754 g/mol. The van der Waals surface area contributed by atoms with Crippen LogP contribution in [0, 0.1) is 0 Å². The number of nitrogens with zero attached hydrogens (tertiary/aromatic N) is 3. The number of amides is 3. The lowest BCUT2D eigenvalue weighted by Gasteiger charge is -2.32. The molecule has 6 aromatic rings. The molecule has 52 heavy (non-hydrogen) atoms. The summed E-state index contributed by atoms with van der Waals surface area (Å²) in [7, 11) is 0. The van der Waals surface area contributed by atoms with Crippen LogP contribution in [0.25, 0.3) is 20.4 Å². The molecule has 0 radical (unpaired) electrons. The summed E-state index contributed by atoms with van der Waals surface area (Å²) in [4.78, 5) is 48.7. The minimum absolute atomic E-state index is 0. The van der Waals surface area contributed by atoms with Crippen LogP contribution in [-0.4, -0.2) is 51.5 Å². The third-order valence-electron chi connectivity index (χ3n) is 8.59. The van der Waals surface area contributed by atoms with E-state index in [0.29, 0.717) is 35.3 Å². The first-order valence-electron chi connectivity index (χ1n) is 16.9. The van der Waals surface area contributed by atoms with Crippen LogP contribution in [-0.2, 0) is 30.7 Å². The maximum atomic E-state index is 13.0. The van der Waals surface area contributed by atoms with Crippen LogP contribution >= 0.6 is 35.1 Å². The van der Waals surface area contributed by atoms with Gasteiger partial charge in [-0.2, -0.15) is 0 Å². The number of carbonyl (C=O) groups excluding carboxylic acids is 3. The van der Waals surface area contributed by atoms with Gasteiger partial charge in [0.1, 0.15) is 5.60 Å². The van der Waals surface area contributed by atoms with Gasteiger partial charge in [-0.1, -0.05) is 71.2 Å². The molecule has 268 valence electrons. The van der Waals surface area contributed by atoms with Crippen molar-refractivity contribution in [2.24, 2.45) is 0 Å². The standard InChI is InChI=1S/C22H23N3O3S.C17H15N3OS.ClH/c1-22(2,3)28-21(27)25-12-11-14-7-6-8-15(16(14)13-25)19(26)24-20-23-17-9-4-5-10-18(17)29-20;21-16(12-5-3-4-11-8-9-18-10-13(11)12)20-17-19-14-6-1-2-7-15(14)22-17;/h4-10H,11-13H2,1-3H3,(H,23,24,26);1-7,18H,8-10H2,(H,19,20,21);1H. The van der Waals surface area contributed by atoms with Gasteiger partial charge >= 0.3 is 6.09 Å². The summed E-state index contributed by atoms with van der Waals surface area (Å²) in [5.41, 5.74) is 6.84. The number of aromatic nitrogens is 2. The molecule has 0 saturated heterocycles. The lowest BCUT2D eigenvalue weighted by molar-refractivity contribution is 0.0223. The number of hydrogen-bond acceptors (Lipinski definition) is 9. The fourth-order valence-electron chi connectivity index (χ4n) is 6.18. The summed E-state index contributed by atoms with van der Waals surface area (Å²) < 4.78 is 7.60. The maximum absolute atomic E-state index is 13.0. The average Bonchev–Trinajstić information content (AvgIpc) is 3.73. The highest BCUT2D eigenvalue weighted by Crippen LogP contribution is 2.29. The van der Waals surface area contributed by atoms with Crippen LogP contribution in [0.5, 0.6) is 0 Å². The topological polar surface area (TPSA) is 126 Å². The number of hydrogen-bond donors (Lipinski definition) is 3. The van der Waals surface area contributed by atoms with Crippen molar-refractivity contribution in [3.63, 3.8) is 0 Å². The second-order valence-electron chi connectivity index (χ2n) is 13.3. The van der Waals surface area contributed by atoms with E-state index in [4.69, 9.17) is 4.74 Å². The lowest BCUT2D eigenvalue weighted by Crippen LogP contribution is -2.40. The third-order valence-corrected chi connectivity index (χ3v) is 10.5. The van der Waals surface area contributed by atoms with Crippen molar-refractivity contribution in [1.29, 1.82) is 0 Å². The van der Waals surface area contributed by atoms with Crippen molar-refractivity contribution in [2.75, 3.05) is 23.7 Å². The van der Waals surface area contributed by atoms with Crippen molar-refractivity contribution >= 4 is 83.7 Å². The summed E-state index contributed by atoms with van der Waals surface area (Å²) in [6.45, 7) is 8.19. The van der Waals surface area contributed by atoms with E-state index >= 15 is 0 Å². The van der Waals surface area contributed by atoms with Gasteiger partial charge in [-0.3, -0.25) is 20.2 Å². The zero-order valence-electron chi connectivity index (χ0n) is 29.0. The van der Waals surface area contributed by atoms with Crippen molar-refractivity contribution in [3.05, 3.63) is 118 Å². The van der Waals surface area contributed by atoms with Gasteiger partial charge in [0.2, 0.25) is 0 Å². The molecule has 0 bridgehead atoms. The summed E-state index contributed by atoms with van der Waals surface area (Å²) in [6, 6.07) is 27.3. The molecule has 0 saturated carbocycles. The Morgan fingerprint density at radius 3 is 1.83 bits per heavy atom. The van der Waals surface area contributed by atoms with E-state index in [9.17, 15) is 14.4 Å². The number of halogens is 1. The van der Waals surface area contributed by atoms with Gasteiger partial charge in [0.15, 0.2) is 10.3 Å². The molecular formula is C39H39ClN6O4S2. The number of thiazole rings is 2. The van der Waals surface area contributed by atoms with Gasteiger partial charge in [-0.25, -0.2) is 14.8 Å². The molecule has 2 aliphatic heterocycles. The summed E-state index contributed by atoms with van der Waals surface area (Å²) in [5.74, 6) is -0.299. The summed E-state index contributed by atoms with van der Waals surface area (Å²) >= 11 is 2.94. The average molecular weight is 755 g/mol. The van der Waals surface area contributed by atoms with Crippen molar-refractivity contribution in [1.82, 2.24) is 20.2 Å². The van der Waals surface area contributed by atoms with E-state index in [1.165, 1.54) is 28.2 Å². The van der Waals surface area contributed by atoms with Crippen LogP contribution in [0.3, 0.4) is 0 Å². The molecule has 0 aliphatic carbocycles. The van der Waals surface area contributed by atoms with Crippen LogP contribution in [0.2, 0.25) is 0 Å². The lowest BCUT2D eigenvalue weighted by atomic mass is 9.94. The second kappa shape index (κ2) is 15.8. The van der Waals surface area contributed by atoms with E-state index in [0.717, 1.165) is 62.2 Å². The number of rotatable bonds is 4. The normalized spacial score (nSPS) is 13.6. The van der Waals surface area contributed by atoms with Crippen LogP contribution in [0.15, 0.2) is 84.9 Å². The number of ether oxygens (including phenoxy) is 1. The number of nitrogens with one attached hydrogen (secondary N) is 3. The molecule has 3 amide bonds. The number of carbonyl (C=O) groups is 3. The summed E-state index contributed by atoms with van der Waals surface area (Å²) in [5, 5.41) is 10.4. The highest BCUT2D eigenvalue weighted by Gasteiger charge is 2.28. The molecule has 0 fully saturated rings. The van der Waals surface area contributed by atoms with Gasteiger partial charge in [0.05, 0.1) is 27.0 Å². The van der Waals surface area contributed by atoms with Crippen molar-refractivity contribution in [2.45, 2.75) is 52.3 Å². The molecule has 2 aromatic heterocycles. The second-order valence-corrected chi connectivity index (χ2v) is 15.4. The fraction of sp³-hybridized carbons (Fsp3) is 0.256. The Bertz CT molecular complexity index is 2200. The molecule has 0 spiro atoms. The van der Waals surface area contributed by atoms with E-state index in [2.05, 4.69) is 32.0 Å². The van der Waals surface area contributed by atoms with E-state index in [1.54, 1.807) is 11.0 Å². The van der Waals surface area contributed by atoms with E-state index < -0.39 is 5.60 Å². The quantitative estimate of drug-likeness (QED) is 0.165. The van der Waals surface area contributed by atoms with Crippen molar-refractivity contribution < 1.29 is 19.1 Å². The third kappa shape index (κ3) is 8.42. The Kier molecular flexibility index (Phi) is 11.2. The molecule has 3 N–H and O–H groups in total. The molecule has 0 atom stereocenters. The first-order chi connectivity index (χ1) is 24.6. The summed E-state index contributed by atoms with van der Waals surface area (Å²) in [6.07, 6.45) is 1.30. The fourth-order valence-corrected chi connectivity index (χ4v) is 7.90. The Balaban J connectivity index is 0.000000181. The van der Waals surface area contributed by atoms with E-state index in [1.807, 2.05) is 93.6 Å². The first-order valence-corrected chi connectivity index (χ1v) is 18.5. The Labute approximate surface area is 316 Å². The zero-order valence-corrected chi connectivity index (χ0v) is 31.5. The maximum Gasteiger partial charge on any atom is 0.410 e. The highest BCUT2D eigenvalue weighted by molar-refractivity contribution is 7.22. The SMILES string of the molecule is CC(C)(C)OC(=O)N1CCc2cccc(C(=O)Nc3nc4ccccc4s3)c2C1.Cl.O=C(Nc1nc2ccccc2s1)c1cccc2c1CNCC2. The largest absolute Gasteiger partial charge is 0.444 e. The van der Waals surface area contributed by atoms with Gasteiger partial charge in [0, 0.05) is 24.2 Å². The van der Waals surface area contributed by atoms with Gasteiger partial charge in [-0.05, 0) is 98.8 Å². The molecule has 8 rings (SSSR count). The Hall–Kier alpha value is -4.88. The zero-order chi connectivity index (χ0) is 35.5. The molecular weight excluding hydrogens is 716 g/mol. The van der Waals surface area contributed by atoms with Crippen LogP contribution in [0.1, 0.15) is 63.7 Å². The molecule has 13 heteroatoms. The molecule has 10 nitrogen and oxygen atoms in total. The number of para-hydroxylation sites is 2. The van der Waals surface area contributed by atoms with Crippen molar-refractivity contribution in [3.8, 4) is 0 Å². The predicted molar refractivity (Wildman–Crippen MR) is 211 cm³/mol. The number of anilines is 2. The highest BCUT2D eigenvalue weighted by atomic mass is 35.5. The number of fused-ring (bicyclic) bond motifs is 4. The minimum Gasteiger partial charge on any atom is -0.444 e. The van der Waals surface area contributed by atoms with E-state index in [-0.39, 0.29) is 30.3 Å². The minimum atomic E-state index is -0.554. The molecule has 4 aromatic carbocycles. The van der Waals surface area contributed by atoms with Crippen LogP contribution < -0.4 is 16.0 Å². The molecule has 4 heterocycles. The predicted octanol–water partition coefficient (Wildman–Crippen LogP) is 8.46.